The number of benzene rings is 1. The first-order chi connectivity index (χ1) is 17.0. The van der Waals surface area contributed by atoms with E-state index in [1.165, 1.54) is 0 Å². The van der Waals surface area contributed by atoms with Crippen molar-refractivity contribution in [1.82, 2.24) is 19.2 Å². The highest BCUT2D eigenvalue weighted by Gasteiger charge is 2.46. The molecule has 1 aromatic carbocycles. The van der Waals surface area contributed by atoms with Crippen LogP contribution >= 0.6 is 11.6 Å². The fourth-order valence-electron chi connectivity index (χ4n) is 4.92. The van der Waals surface area contributed by atoms with E-state index in [0.717, 1.165) is 19.6 Å². The maximum absolute atomic E-state index is 13.3. The van der Waals surface area contributed by atoms with Crippen LogP contribution in [0, 0.1) is 6.92 Å². The first-order valence-corrected chi connectivity index (χ1v) is 12.1. The lowest BCUT2D eigenvalue weighted by Gasteiger charge is -2.29. The normalized spacial score (nSPS) is 20.7. The summed E-state index contributed by atoms with van der Waals surface area (Å²) in [4.78, 5) is 34.9. The first-order valence-electron chi connectivity index (χ1n) is 11.7. The fraction of sp³-hybridized carbons (Fsp3) is 0.346. The third-order valence-corrected chi connectivity index (χ3v) is 6.88. The number of carbonyl (C=O) groups excluding carboxylic acids is 2. The molecule has 4 heterocycles. The average Bonchev–Trinajstić information content (AvgIpc) is 3.33. The van der Waals surface area contributed by atoms with E-state index in [-0.39, 0.29) is 11.3 Å². The van der Waals surface area contributed by atoms with Crippen molar-refractivity contribution in [3.8, 4) is 0 Å². The van der Waals surface area contributed by atoms with Crippen molar-refractivity contribution in [3.63, 3.8) is 0 Å². The van der Waals surface area contributed by atoms with E-state index in [9.17, 15) is 14.7 Å². The Bertz CT molecular complexity index is 1290. The lowest BCUT2D eigenvalue weighted by Crippen LogP contribution is -2.38. The van der Waals surface area contributed by atoms with Gasteiger partial charge in [-0.1, -0.05) is 29.8 Å². The predicted molar refractivity (Wildman–Crippen MR) is 132 cm³/mol. The van der Waals surface area contributed by atoms with Crippen LogP contribution in [-0.4, -0.2) is 75.4 Å². The van der Waals surface area contributed by atoms with Crippen molar-refractivity contribution >= 4 is 34.7 Å². The topological polar surface area (TPSA) is 87.4 Å². The highest BCUT2D eigenvalue weighted by atomic mass is 35.5. The van der Waals surface area contributed by atoms with E-state index in [4.69, 9.17) is 16.3 Å². The van der Waals surface area contributed by atoms with Gasteiger partial charge in [-0.2, -0.15) is 0 Å². The van der Waals surface area contributed by atoms with Gasteiger partial charge in [0.15, 0.2) is 5.76 Å². The number of aryl methyl sites for hydroxylation is 1. The van der Waals surface area contributed by atoms with Gasteiger partial charge in [-0.25, -0.2) is 4.98 Å². The molecule has 0 radical (unpaired) electrons. The second-order valence-electron chi connectivity index (χ2n) is 8.83. The van der Waals surface area contributed by atoms with E-state index < -0.39 is 17.7 Å². The molecule has 2 aliphatic rings. The Morgan fingerprint density at radius 2 is 1.86 bits per heavy atom. The summed E-state index contributed by atoms with van der Waals surface area (Å²) >= 11 is 6.11. The minimum Gasteiger partial charge on any atom is -0.505 e. The van der Waals surface area contributed by atoms with Gasteiger partial charge in [0.1, 0.15) is 11.3 Å². The number of fused-ring (bicyclic) bond motifs is 1. The van der Waals surface area contributed by atoms with Crippen LogP contribution < -0.4 is 0 Å². The van der Waals surface area contributed by atoms with Crippen LogP contribution in [0.1, 0.15) is 29.4 Å². The maximum atomic E-state index is 13.3. The van der Waals surface area contributed by atoms with Crippen molar-refractivity contribution in [2.45, 2.75) is 19.4 Å². The molecule has 8 nitrogen and oxygen atoms in total. The molecule has 5 rings (SSSR count). The van der Waals surface area contributed by atoms with Crippen LogP contribution in [0.25, 0.3) is 11.4 Å². The number of hydrogen-bond acceptors (Lipinski definition) is 6. The van der Waals surface area contributed by atoms with E-state index in [1.54, 1.807) is 46.7 Å². The molecular weight excluding hydrogens is 468 g/mol. The highest BCUT2D eigenvalue weighted by molar-refractivity contribution is 6.46. The molecule has 182 valence electrons. The zero-order valence-corrected chi connectivity index (χ0v) is 20.2. The Labute approximate surface area is 208 Å². The lowest BCUT2D eigenvalue weighted by molar-refractivity contribution is -0.140. The molecule has 3 aromatic rings. The number of hydrogen-bond donors (Lipinski definition) is 1. The smallest absolute Gasteiger partial charge is 0.295 e. The average molecular weight is 495 g/mol. The van der Waals surface area contributed by atoms with Crippen molar-refractivity contribution in [2.24, 2.45) is 0 Å². The maximum Gasteiger partial charge on any atom is 0.295 e. The van der Waals surface area contributed by atoms with Gasteiger partial charge >= 0.3 is 0 Å². The van der Waals surface area contributed by atoms with Gasteiger partial charge in [0.05, 0.1) is 30.5 Å². The largest absolute Gasteiger partial charge is 0.505 e. The third kappa shape index (κ3) is 4.45. The number of Topliss-reactive ketones (excluding diaryl/α,β-unsaturated/α-hetero) is 1. The number of morpholine rings is 1. The molecule has 0 spiro atoms. The van der Waals surface area contributed by atoms with Gasteiger partial charge in [-0.15, -0.1) is 0 Å². The van der Waals surface area contributed by atoms with Crippen molar-refractivity contribution in [3.05, 3.63) is 76.2 Å². The number of nitrogens with zero attached hydrogens (tertiary/aromatic N) is 4. The number of rotatable bonds is 6. The molecule has 1 atom stereocenters. The van der Waals surface area contributed by atoms with Crippen LogP contribution in [0.2, 0.25) is 5.02 Å². The molecule has 2 fully saturated rings. The van der Waals surface area contributed by atoms with Gasteiger partial charge < -0.3 is 14.7 Å². The SMILES string of the molecule is Cc1nc2ccccn2c1/C(O)=C1/C(=O)C(=O)N(CCCN2CCOCC2)C1c1ccc(Cl)cc1. The summed E-state index contributed by atoms with van der Waals surface area (Å²) in [6, 6.07) is 11.8. The predicted octanol–water partition coefficient (Wildman–Crippen LogP) is 3.44. The summed E-state index contributed by atoms with van der Waals surface area (Å²) in [7, 11) is 0. The molecule has 1 amide bonds. The van der Waals surface area contributed by atoms with Crippen LogP contribution in [0.3, 0.4) is 0 Å². The number of pyridine rings is 1. The van der Waals surface area contributed by atoms with Crippen LogP contribution in [-0.2, 0) is 14.3 Å². The summed E-state index contributed by atoms with van der Waals surface area (Å²) in [5, 5.41) is 12.0. The summed E-state index contributed by atoms with van der Waals surface area (Å²) < 4.78 is 7.14. The van der Waals surface area contributed by atoms with E-state index in [0.29, 0.717) is 53.8 Å². The summed E-state index contributed by atoms with van der Waals surface area (Å²) in [5.74, 6) is -1.53. The van der Waals surface area contributed by atoms with Gasteiger partial charge in [-0.05, 0) is 43.2 Å². The second kappa shape index (κ2) is 9.81. The van der Waals surface area contributed by atoms with Gasteiger partial charge in [0, 0.05) is 37.4 Å². The second-order valence-corrected chi connectivity index (χ2v) is 9.26. The van der Waals surface area contributed by atoms with Crippen LogP contribution in [0.4, 0.5) is 0 Å². The standard InChI is InChI=1S/C26H27ClN4O4/c1-17-22(30-11-3-2-5-20(30)28-17)24(32)21-23(18-6-8-19(27)9-7-18)31(26(34)25(21)33)12-4-10-29-13-15-35-16-14-29/h2-3,5-9,11,23,32H,4,10,12-16H2,1H3/b24-21-. The minimum absolute atomic E-state index is 0.0671. The van der Waals surface area contributed by atoms with Gasteiger partial charge in [0.25, 0.3) is 11.7 Å². The Morgan fingerprint density at radius 3 is 2.60 bits per heavy atom. The van der Waals surface area contributed by atoms with Crippen molar-refractivity contribution in [1.29, 1.82) is 0 Å². The molecule has 0 saturated carbocycles. The summed E-state index contributed by atoms with van der Waals surface area (Å²) in [6.45, 7) is 6.07. The summed E-state index contributed by atoms with van der Waals surface area (Å²) in [5.41, 5.74) is 2.41. The molecule has 35 heavy (non-hydrogen) atoms. The van der Waals surface area contributed by atoms with Crippen molar-refractivity contribution in [2.75, 3.05) is 39.4 Å². The number of aliphatic hydroxyl groups is 1. The highest BCUT2D eigenvalue weighted by Crippen LogP contribution is 2.40. The number of aliphatic hydroxyl groups excluding tert-OH is 1. The van der Waals surface area contributed by atoms with Crippen LogP contribution in [0.5, 0.6) is 0 Å². The number of imidazole rings is 1. The molecule has 0 aliphatic carbocycles. The van der Waals surface area contributed by atoms with E-state index in [1.807, 2.05) is 18.2 Å². The number of aromatic nitrogens is 2. The van der Waals surface area contributed by atoms with Crippen molar-refractivity contribution < 1.29 is 19.4 Å². The molecule has 0 bridgehead atoms. The monoisotopic (exact) mass is 494 g/mol. The molecule has 2 aromatic heterocycles. The number of ether oxygens (including phenoxy) is 1. The fourth-order valence-corrected chi connectivity index (χ4v) is 5.04. The lowest BCUT2D eigenvalue weighted by atomic mass is 9.96. The first kappa shape index (κ1) is 23.5. The number of carbonyl (C=O) groups is 2. The van der Waals surface area contributed by atoms with E-state index in [2.05, 4.69) is 9.88 Å². The number of amides is 1. The van der Waals surface area contributed by atoms with Gasteiger partial charge in [0.2, 0.25) is 0 Å². The van der Waals surface area contributed by atoms with E-state index >= 15 is 0 Å². The molecule has 2 saturated heterocycles. The minimum atomic E-state index is -0.717. The Morgan fingerprint density at radius 1 is 1.11 bits per heavy atom. The molecule has 1 unspecified atom stereocenters. The Kier molecular flexibility index (Phi) is 6.60. The molecule has 2 aliphatic heterocycles. The zero-order valence-electron chi connectivity index (χ0n) is 19.5. The van der Waals surface area contributed by atoms with Gasteiger partial charge in [-0.3, -0.25) is 18.9 Å². The quantitative estimate of drug-likeness (QED) is 0.321. The molecule has 1 N–H and O–H groups in total. The van der Waals surface area contributed by atoms with Crippen LogP contribution in [0.15, 0.2) is 54.2 Å². The third-order valence-electron chi connectivity index (χ3n) is 6.63. The Balaban J connectivity index is 1.54. The molecule has 9 heteroatoms. The Hall–Kier alpha value is -3.20. The number of likely N-dealkylation sites (tertiary alicyclic amines) is 1. The number of ketones is 1. The summed E-state index contributed by atoms with van der Waals surface area (Å²) in [6.07, 6.45) is 2.48. The molecular formula is C26H27ClN4O4. The number of halogens is 1. The zero-order chi connectivity index (χ0) is 24.5.